The minimum atomic E-state index is -0.0580. The second kappa shape index (κ2) is 4.77. The Morgan fingerprint density at radius 3 is 2.53 bits per heavy atom. The fraction of sp³-hybridized carbons (Fsp3) is 0.286. The third-order valence-electron chi connectivity index (χ3n) is 3.00. The number of hydrogen-bond donors (Lipinski definition) is 0. The third-order valence-corrected chi connectivity index (χ3v) is 3.74. The standard InChI is InChI=1S/C14H13BrO2/c15-14-13(16-7-8-17-14)12-6-5-10-3-1-2-4-11(10)9-12/h1-6,9,13-14H,7-8H2/t13-,14+/m1/s1. The molecule has 2 aromatic carbocycles. The topological polar surface area (TPSA) is 18.5 Å². The van der Waals surface area contributed by atoms with Crippen molar-refractivity contribution in [3.8, 4) is 0 Å². The number of hydrogen-bond acceptors (Lipinski definition) is 2. The minimum absolute atomic E-state index is 0.0200. The minimum Gasteiger partial charge on any atom is -0.367 e. The summed E-state index contributed by atoms with van der Waals surface area (Å²) in [5, 5.41) is 2.43. The Morgan fingerprint density at radius 1 is 0.941 bits per heavy atom. The number of fused-ring (bicyclic) bond motifs is 1. The molecule has 3 rings (SSSR count). The monoisotopic (exact) mass is 292 g/mol. The van der Waals surface area contributed by atoms with E-state index in [4.69, 9.17) is 9.47 Å². The van der Waals surface area contributed by atoms with Crippen LogP contribution in [-0.2, 0) is 9.47 Å². The summed E-state index contributed by atoms with van der Waals surface area (Å²) in [6, 6.07) is 14.7. The first-order valence-electron chi connectivity index (χ1n) is 5.70. The highest BCUT2D eigenvalue weighted by Gasteiger charge is 2.25. The lowest BCUT2D eigenvalue weighted by Gasteiger charge is -2.28. The van der Waals surface area contributed by atoms with E-state index in [0.717, 1.165) is 5.56 Å². The van der Waals surface area contributed by atoms with E-state index in [1.54, 1.807) is 0 Å². The van der Waals surface area contributed by atoms with Gasteiger partial charge in [0.25, 0.3) is 0 Å². The second-order valence-corrected chi connectivity index (χ2v) is 5.02. The van der Waals surface area contributed by atoms with Crippen LogP contribution in [0.1, 0.15) is 11.7 Å². The molecule has 1 aliphatic rings. The number of benzene rings is 2. The lowest BCUT2D eigenvalue weighted by molar-refractivity contribution is -0.103. The zero-order valence-corrected chi connectivity index (χ0v) is 10.9. The first-order valence-corrected chi connectivity index (χ1v) is 6.62. The second-order valence-electron chi connectivity index (χ2n) is 4.12. The summed E-state index contributed by atoms with van der Waals surface area (Å²) in [5.41, 5.74) is 1.16. The molecular formula is C14H13BrO2. The van der Waals surface area contributed by atoms with Crippen LogP contribution in [0, 0.1) is 0 Å². The summed E-state index contributed by atoms with van der Waals surface area (Å²) in [7, 11) is 0. The SMILES string of the molecule is Br[C@H]1OCCO[C@@H]1c1ccc2ccccc2c1. The maximum absolute atomic E-state index is 5.75. The van der Waals surface area contributed by atoms with E-state index in [0.29, 0.717) is 13.2 Å². The van der Waals surface area contributed by atoms with Gasteiger partial charge in [-0.15, -0.1) is 0 Å². The Morgan fingerprint density at radius 2 is 1.71 bits per heavy atom. The van der Waals surface area contributed by atoms with Crippen molar-refractivity contribution in [3.63, 3.8) is 0 Å². The van der Waals surface area contributed by atoms with E-state index in [2.05, 4.69) is 58.4 Å². The normalized spacial score (nSPS) is 25.0. The number of halogens is 1. The number of alkyl halides is 1. The van der Waals surface area contributed by atoms with E-state index in [9.17, 15) is 0 Å². The van der Waals surface area contributed by atoms with Crippen LogP contribution in [0.2, 0.25) is 0 Å². The third kappa shape index (κ3) is 2.23. The van der Waals surface area contributed by atoms with Crippen LogP contribution in [0.3, 0.4) is 0 Å². The predicted octanol–water partition coefficient (Wildman–Crippen LogP) is 3.65. The van der Waals surface area contributed by atoms with Crippen LogP contribution >= 0.6 is 15.9 Å². The van der Waals surface area contributed by atoms with Crippen molar-refractivity contribution < 1.29 is 9.47 Å². The maximum atomic E-state index is 5.75. The van der Waals surface area contributed by atoms with Gasteiger partial charge in [-0.1, -0.05) is 52.3 Å². The first-order chi connectivity index (χ1) is 8.34. The van der Waals surface area contributed by atoms with Crippen LogP contribution in [0.4, 0.5) is 0 Å². The van der Waals surface area contributed by atoms with Crippen molar-refractivity contribution in [2.45, 2.75) is 11.1 Å². The van der Waals surface area contributed by atoms with Gasteiger partial charge in [0.15, 0.2) is 0 Å². The van der Waals surface area contributed by atoms with Crippen molar-refractivity contribution in [2.24, 2.45) is 0 Å². The Bertz CT molecular complexity index is 526. The van der Waals surface area contributed by atoms with Gasteiger partial charge in [-0.3, -0.25) is 0 Å². The molecule has 1 aliphatic heterocycles. The fourth-order valence-electron chi connectivity index (χ4n) is 2.13. The van der Waals surface area contributed by atoms with Crippen molar-refractivity contribution in [2.75, 3.05) is 13.2 Å². The first kappa shape index (κ1) is 11.2. The molecule has 2 aromatic rings. The predicted molar refractivity (Wildman–Crippen MR) is 71.3 cm³/mol. The van der Waals surface area contributed by atoms with Crippen LogP contribution in [0.5, 0.6) is 0 Å². The largest absolute Gasteiger partial charge is 0.367 e. The zero-order chi connectivity index (χ0) is 11.7. The molecule has 2 nitrogen and oxygen atoms in total. The molecule has 0 unspecified atom stereocenters. The summed E-state index contributed by atoms with van der Waals surface area (Å²) < 4.78 is 11.3. The van der Waals surface area contributed by atoms with Crippen LogP contribution in [-0.4, -0.2) is 18.2 Å². The van der Waals surface area contributed by atoms with Gasteiger partial charge >= 0.3 is 0 Å². The Labute approximate surface area is 109 Å². The van der Waals surface area contributed by atoms with Gasteiger partial charge in [0.05, 0.1) is 13.2 Å². The molecular weight excluding hydrogens is 280 g/mol. The lowest BCUT2D eigenvalue weighted by atomic mass is 10.0. The maximum Gasteiger partial charge on any atom is 0.142 e. The Balaban J connectivity index is 1.99. The van der Waals surface area contributed by atoms with E-state index in [1.807, 2.05) is 0 Å². The summed E-state index contributed by atoms with van der Waals surface area (Å²) in [6.45, 7) is 1.31. The quantitative estimate of drug-likeness (QED) is 0.747. The molecule has 0 N–H and O–H groups in total. The molecule has 1 heterocycles. The van der Waals surface area contributed by atoms with Crippen LogP contribution < -0.4 is 0 Å². The summed E-state index contributed by atoms with van der Waals surface area (Å²) in [6.07, 6.45) is -0.0200. The average molecular weight is 293 g/mol. The van der Waals surface area contributed by atoms with Crippen molar-refractivity contribution in [1.82, 2.24) is 0 Å². The molecule has 3 heteroatoms. The van der Waals surface area contributed by atoms with Gasteiger partial charge in [-0.2, -0.15) is 0 Å². The van der Waals surface area contributed by atoms with Gasteiger partial charge in [-0.25, -0.2) is 0 Å². The molecule has 1 fully saturated rings. The van der Waals surface area contributed by atoms with E-state index in [1.165, 1.54) is 10.8 Å². The summed E-state index contributed by atoms with van der Waals surface area (Å²) in [4.78, 5) is 0. The highest BCUT2D eigenvalue weighted by Crippen LogP contribution is 2.31. The van der Waals surface area contributed by atoms with Crippen LogP contribution in [0.15, 0.2) is 42.5 Å². The highest BCUT2D eigenvalue weighted by atomic mass is 79.9. The summed E-state index contributed by atoms with van der Waals surface area (Å²) >= 11 is 3.51. The smallest absolute Gasteiger partial charge is 0.142 e. The highest BCUT2D eigenvalue weighted by molar-refractivity contribution is 9.09. The van der Waals surface area contributed by atoms with Gasteiger partial charge in [0, 0.05) is 0 Å². The molecule has 1 saturated heterocycles. The Kier molecular flexibility index (Phi) is 3.14. The van der Waals surface area contributed by atoms with Crippen molar-refractivity contribution >= 4 is 26.7 Å². The average Bonchev–Trinajstić information content (AvgIpc) is 2.39. The van der Waals surface area contributed by atoms with Crippen LogP contribution in [0.25, 0.3) is 10.8 Å². The van der Waals surface area contributed by atoms with Gasteiger partial charge < -0.3 is 9.47 Å². The molecule has 88 valence electrons. The van der Waals surface area contributed by atoms with Gasteiger partial charge in [-0.05, 0) is 22.4 Å². The fourth-order valence-corrected chi connectivity index (χ4v) is 2.78. The van der Waals surface area contributed by atoms with Gasteiger partial charge in [0.1, 0.15) is 11.1 Å². The molecule has 0 bridgehead atoms. The molecule has 2 atom stereocenters. The van der Waals surface area contributed by atoms with Gasteiger partial charge in [0.2, 0.25) is 0 Å². The molecule has 0 amide bonds. The number of rotatable bonds is 1. The zero-order valence-electron chi connectivity index (χ0n) is 9.30. The number of ether oxygens (including phenoxy) is 2. The van der Waals surface area contributed by atoms with Crippen molar-refractivity contribution in [3.05, 3.63) is 48.0 Å². The molecule has 0 aliphatic carbocycles. The van der Waals surface area contributed by atoms with E-state index >= 15 is 0 Å². The molecule has 0 spiro atoms. The molecule has 0 saturated carbocycles. The molecule has 0 aromatic heterocycles. The van der Waals surface area contributed by atoms with E-state index in [-0.39, 0.29) is 11.1 Å². The molecule has 17 heavy (non-hydrogen) atoms. The van der Waals surface area contributed by atoms with Crippen molar-refractivity contribution in [1.29, 1.82) is 0 Å². The Hall–Kier alpha value is -0.900. The molecule has 0 radical (unpaired) electrons. The summed E-state index contributed by atoms with van der Waals surface area (Å²) in [5.74, 6) is 0. The lowest BCUT2D eigenvalue weighted by Crippen LogP contribution is -2.27. The van der Waals surface area contributed by atoms with E-state index < -0.39 is 0 Å².